The van der Waals surface area contributed by atoms with Gasteiger partial charge in [0.05, 0.1) is 5.69 Å². The van der Waals surface area contributed by atoms with Gasteiger partial charge in [0.25, 0.3) is 0 Å². The molecule has 2 heterocycles. The average molecular weight is 239 g/mol. The highest BCUT2D eigenvalue weighted by atomic mass is 35.5. The minimum absolute atomic E-state index is 0.374. The highest BCUT2D eigenvalue weighted by Gasteiger charge is 2.18. The third kappa shape index (κ3) is 1.45. The van der Waals surface area contributed by atoms with Crippen LogP contribution in [0.5, 0.6) is 0 Å². The van der Waals surface area contributed by atoms with Gasteiger partial charge in [0.2, 0.25) is 5.28 Å². The van der Waals surface area contributed by atoms with Crippen molar-refractivity contribution < 1.29 is 0 Å². The number of aryl methyl sites for hydroxylation is 3. The zero-order valence-electron chi connectivity index (χ0n) is 8.51. The van der Waals surface area contributed by atoms with E-state index in [2.05, 4.69) is 9.97 Å². The molecule has 0 aliphatic heterocycles. The molecule has 2 nitrogen and oxygen atoms in total. The number of fused-ring (bicyclic) bond motifs is 3. The summed E-state index contributed by atoms with van der Waals surface area (Å²) in [5.41, 5.74) is 2.51. The summed E-state index contributed by atoms with van der Waals surface area (Å²) in [5.74, 6) is 0. The van der Waals surface area contributed by atoms with Gasteiger partial charge >= 0.3 is 0 Å². The Morgan fingerprint density at radius 2 is 2.00 bits per heavy atom. The van der Waals surface area contributed by atoms with Crippen molar-refractivity contribution in [2.45, 2.75) is 32.6 Å². The molecule has 1 aliphatic carbocycles. The molecule has 0 N–H and O–H groups in total. The van der Waals surface area contributed by atoms with Crippen LogP contribution in [0.25, 0.3) is 10.2 Å². The average Bonchev–Trinajstić information content (AvgIpc) is 2.54. The van der Waals surface area contributed by atoms with E-state index in [-0.39, 0.29) is 0 Å². The molecule has 78 valence electrons. The van der Waals surface area contributed by atoms with Gasteiger partial charge in [-0.1, -0.05) is 0 Å². The molecule has 0 spiro atoms. The second-order valence-corrected chi connectivity index (χ2v) is 5.39. The van der Waals surface area contributed by atoms with E-state index in [0.717, 1.165) is 10.5 Å². The fourth-order valence-electron chi connectivity index (χ4n) is 2.31. The molecule has 0 radical (unpaired) electrons. The maximum atomic E-state index is 5.87. The van der Waals surface area contributed by atoms with Crippen molar-refractivity contribution in [2.75, 3.05) is 0 Å². The first-order chi connectivity index (χ1) is 7.25. The molecule has 4 heteroatoms. The molecule has 0 atom stereocenters. The van der Waals surface area contributed by atoms with Crippen LogP contribution in [0.15, 0.2) is 0 Å². The zero-order valence-corrected chi connectivity index (χ0v) is 10.1. The second kappa shape index (κ2) is 3.42. The van der Waals surface area contributed by atoms with E-state index in [0.29, 0.717) is 5.28 Å². The quantitative estimate of drug-likeness (QED) is 0.657. The lowest BCUT2D eigenvalue weighted by atomic mass is 9.96. The largest absolute Gasteiger partial charge is 0.223 e. The molecule has 1 aliphatic rings. The number of thiophene rings is 1. The monoisotopic (exact) mass is 238 g/mol. The Kier molecular flexibility index (Phi) is 2.18. The number of nitrogens with zero attached hydrogens (tertiary/aromatic N) is 2. The highest BCUT2D eigenvalue weighted by molar-refractivity contribution is 7.18. The van der Waals surface area contributed by atoms with E-state index in [1.54, 1.807) is 11.3 Å². The predicted octanol–water partition coefficient (Wildman–Crippen LogP) is 3.53. The Bertz CT molecular complexity index is 533. The molecular weight excluding hydrogens is 228 g/mol. The van der Waals surface area contributed by atoms with Crippen molar-refractivity contribution in [1.82, 2.24) is 9.97 Å². The van der Waals surface area contributed by atoms with Gasteiger partial charge in [-0.05, 0) is 49.8 Å². The fourth-order valence-corrected chi connectivity index (χ4v) is 3.88. The molecule has 15 heavy (non-hydrogen) atoms. The third-order valence-corrected chi connectivity index (χ3v) is 4.32. The van der Waals surface area contributed by atoms with Gasteiger partial charge < -0.3 is 0 Å². The van der Waals surface area contributed by atoms with E-state index in [4.69, 9.17) is 11.6 Å². The van der Waals surface area contributed by atoms with Crippen molar-refractivity contribution in [3.05, 3.63) is 21.4 Å². The van der Waals surface area contributed by atoms with Gasteiger partial charge in [0, 0.05) is 10.3 Å². The van der Waals surface area contributed by atoms with E-state index < -0.39 is 0 Å². The molecule has 0 saturated carbocycles. The normalized spacial score (nSPS) is 15.6. The molecule has 0 unspecified atom stereocenters. The van der Waals surface area contributed by atoms with Crippen LogP contribution < -0.4 is 0 Å². The van der Waals surface area contributed by atoms with Crippen LogP contribution in [0.2, 0.25) is 5.28 Å². The standard InChI is InChI=1S/C11H11ClN2S/c1-6-9-7-4-2-3-5-8(7)15-10(9)14-11(12)13-6/h2-5H2,1H3. The topological polar surface area (TPSA) is 25.8 Å². The van der Waals surface area contributed by atoms with Crippen molar-refractivity contribution in [1.29, 1.82) is 0 Å². The summed E-state index contributed by atoms with van der Waals surface area (Å²) in [6, 6.07) is 0. The molecule has 0 saturated heterocycles. The minimum Gasteiger partial charge on any atom is -0.223 e. The van der Waals surface area contributed by atoms with E-state index in [1.807, 2.05) is 6.92 Å². The minimum atomic E-state index is 0.374. The van der Waals surface area contributed by atoms with Crippen LogP contribution in [0.4, 0.5) is 0 Å². The SMILES string of the molecule is Cc1nc(Cl)nc2sc3c(c12)CCCC3. The molecule has 0 amide bonds. The lowest BCUT2D eigenvalue weighted by Gasteiger charge is -2.10. The van der Waals surface area contributed by atoms with Crippen LogP contribution in [0, 0.1) is 6.92 Å². The van der Waals surface area contributed by atoms with E-state index in [1.165, 1.54) is 41.5 Å². The van der Waals surface area contributed by atoms with Crippen LogP contribution >= 0.6 is 22.9 Å². The predicted molar refractivity (Wildman–Crippen MR) is 63.8 cm³/mol. The molecular formula is C11H11ClN2S. The maximum absolute atomic E-state index is 5.87. The molecule has 0 aromatic carbocycles. The maximum Gasteiger partial charge on any atom is 0.223 e. The van der Waals surface area contributed by atoms with Gasteiger partial charge in [-0.25, -0.2) is 9.97 Å². The summed E-state index contributed by atoms with van der Waals surface area (Å²) in [6.07, 6.45) is 4.98. The summed E-state index contributed by atoms with van der Waals surface area (Å²) in [5, 5.41) is 1.64. The molecule has 2 aromatic heterocycles. The summed E-state index contributed by atoms with van der Waals surface area (Å²) in [6.45, 7) is 2.03. The number of rotatable bonds is 0. The first-order valence-corrected chi connectivity index (χ1v) is 6.39. The number of halogens is 1. The number of hydrogen-bond donors (Lipinski definition) is 0. The van der Waals surface area contributed by atoms with Crippen molar-refractivity contribution >= 4 is 33.2 Å². The highest BCUT2D eigenvalue weighted by Crippen LogP contribution is 2.36. The zero-order chi connectivity index (χ0) is 10.4. The number of hydrogen-bond acceptors (Lipinski definition) is 3. The van der Waals surface area contributed by atoms with Crippen molar-refractivity contribution in [3.8, 4) is 0 Å². The molecule has 0 bridgehead atoms. The Morgan fingerprint density at radius 3 is 2.87 bits per heavy atom. The van der Waals surface area contributed by atoms with Crippen LogP contribution in [-0.4, -0.2) is 9.97 Å². The van der Waals surface area contributed by atoms with E-state index >= 15 is 0 Å². The number of aromatic nitrogens is 2. The molecule has 2 aromatic rings. The van der Waals surface area contributed by atoms with Crippen molar-refractivity contribution in [3.63, 3.8) is 0 Å². The summed E-state index contributed by atoms with van der Waals surface area (Å²) < 4.78 is 0. The lowest BCUT2D eigenvalue weighted by molar-refractivity contribution is 0.700. The van der Waals surface area contributed by atoms with Gasteiger partial charge in [-0.3, -0.25) is 0 Å². The van der Waals surface area contributed by atoms with Crippen LogP contribution in [0.1, 0.15) is 29.0 Å². The summed E-state index contributed by atoms with van der Waals surface area (Å²) in [4.78, 5) is 11.1. The van der Waals surface area contributed by atoms with Gasteiger partial charge in [-0.15, -0.1) is 11.3 Å². The second-order valence-electron chi connectivity index (χ2n) is 3.97. The first kappa shape index (κ1) is 9.55. The molecule has 3 rings (SSSR count). The first-order valence-electron chi connectivity index (χ1n) is 5.20. The Hall–Kier alpha value is -0.670. The Morgan fingerprint density at radius 1 is 1.20 bits per heavy atom. The van der Waals surface area contributed by atoms with E-state index in [9.17, 15) is 0 Å². The van der Waals surface area contributed by atoms with Crippen LogP contribution in [-0.2, 0) is 12.8 Å². The third-order valence-electron chi connectivity index (χ3n) is 2.97. The molecule has 0 fully saturated rings. The van der Waals surface area contributed by atoms with Crippen molar-refractivity contribution in [2.24, 2.45) is 0 Å². The summed E-state index contributed by atoms with van der Waals surface area (Å²) in [7, 11) is 0. The van der Waals surface area contributed by atoms with Gasteiger partial charge in [-0.2, -0.15) is 0 Å². The van der Waals surface area contributed by atoms with Gasteiger partial charge in [0.15, 0.2) is 0 Å². The fraction of sp³-hybridized carbons (Fsp3) is 0.455. The Balaban J connectivity index is 2.37. The Labute approximate surface area is 97.3 Å². The lowest BCUT2D eigenvalue weighted by Crippen LogP contribution is -1.99. The summed E-state index contributed by atoms with van der Waals surface area (Å²) >= 11 is 7.66. The smallest absolute Gasteiger partial charge is 0.223 e. The van der Waals surface area contributed by atoms with Crippen LogP contribution in [0.3, 0.4) is 0 Å². The van der Waals surface area contributed by atoms with Gasteiger partial charge in [0.1, 0.15) is 4.83 Å².